The number of halogens is 4. The molecule has 0 spiro atoms. The van der Waals surface area contributed by atoms with Gasteiger partial charge in [0.2, 0.25) is 0 Å². The second kappa shape index (κ2) is 8.07. The lowest BCUT2D eigenvalue weighted by atomic mass is 9.85. The standard InChI is InChI=1S/C15H19Cl4NO2/c1-3-8(7-15(2,20)14(21)22)4-5-9-12(18)10(16)6-11(17)13(9)19/h6,8H,3-5,7,20H2,1-2H3,(H,21,22). The number of carbonyl (C=O) groups is 1. The number of rotatable bonds is 7. The van der Waals surface area contributed by atoms with E-state index in [-0.39, 0.29) is 5.92 Å². The Labute approximate surface area is 150 Å². The van der Waals surface area contributed by atoms with Crippen LogP contribution in [0.15, 0.2) is 6.07 Å². The lowest BCUT2D eigenvalue weighted by molar-refractivity contribution is -0.143. The normalized spacial score (nSPS) is 15.4. The Morgan fingerprint density at radius 3 is 2.18 bits per heavy atom. The van der Waals surface area contributed by atoms with Crippen LogP contribution in [0.2, 0.25) is 20.1 Å². The minimum atomic E-state index is -1.25. The summed E-state index contributed by atoms with van der Waals surface area (Å²) in [5.41, 5.74) is 5.26. The third kappa shape index (κ3) is 4.90. The highest BCUT2D eigenvalue weighted by molar-refractivity contribution is 6.48. The molecular weight excluding hydrogens is 368 g/mol. The fourth-order valence-corrected chi connectivity index (χ4v) is 3.37. The van der Waals surface area contributed by atoms with E-state index in [2.05, 4.69) is 0 Å². The van der Waals surface area contributed by atoms with E-state index >= 15 is 0 Å². The number of nitrogens with two attached hydrogens (primary N) is 1. The van der Waals surface area contributed by atoms with E-state index in [9.17, 15) is 4.79 Å². The van der Waals surface area contributed by atoms with Gasteiger partial charge in [-0.1, -0.05) is 59.7 Å². The van der Waals surface area contributed by atoms with E-state index in [4.69, 9.17) is 57.2 Å². The van der Waals surface area contributed by atoms with Crippen molar-refractivity contribution in [2.75, 3.05) is 0 Å². The van der Waals surface area contributed by atoms with Gasteiger partial charge in [-0.15, -0.1) is 0 Å². The zero-order chi connectivity index (χ0) is 17.1. The van der Waals surface area contributed by atoms with Gasteiger partial charge in [-0.2, -0.15) is 0 Å². The molecule has 1 aromatic rings. The van der Waals surface area contributed by atoms with Crippen molar-refractivity contribution in [3.63, 3.8) is 0 Å². The summed E-state index contributed by atoms with van der Waals surface area (Å²) in [6.07, 6.45) is 2.45. The van der Waals surface area contributed by atoms with E-state index in [0.29, 0.717) is 44.9 Å². The molecule has 22 heavy (non-hydrogen) atoms. The number of benzene rings is 1. The molecule has 7 heteroatoms. The smallest absolute Gasteiger partial charge is 0.323 e. The molecule has 2 atom stereocenters. The third-order valence-corrected chi connectivity index (χ3v) is 5.44. The first kappa shape index (κ1) is 19.9. The summed E-state index contributed by atoms with van der Waals surface area (Å²) in [4.78, 5) is 11.1. The summed E-state index contributed by atoms with van der Waals surface area (Å²) in [5.74, 6) is -0.871. The highest BCUT2D eigenvalue weighted by Crippen LogP contribution is 2.38. The molecule has 0 aliphatic heterocycles. The summed E-state index contributed by atoms with van der Waals surface area (Å²) >= 11 is 24.4. The van der Waals surface area contributed by atoms with Gasteiger partial charge in [0, 0.05) is 0 Å². The van der Waals surface area contributed by atoms with Crippen LogP contribution in [0.3, 0.4) is 0 Å². The van der Waals surface area contributed by atoms with E-state index in [1.807, 2.05) is 6.92 Å². The molecule has 0 heterocycles. The summed E-state index contributed by atoms with van der Waals surface area (Å²) in [5, 5.41) is 10.6. The van der Waals surface area contributed by atoms with Crippen LogP contribution in [0.4, 0.5) is 0 Å². The van der Waals surface area contributed by atoms with Gasteiger partial charge in [0.1, 0.15) is 5.54 Å². The third-order valence-electron chi connectivity index (χ3n) is 3.78. The van der Waals surface area contributed by atoms with Crippen molar-refractivity contribution in [2.45, 2.75) is 45.1 Å². The molecule has 1 aromatic carbocycles. The Morgan fingerprint density at radius 2 is 1.77 bits per heavy atom. The van der Waals surface area contributed by atoms with Crippen LogP contribution in [-0.2, 0) is 11.2 Å². The molecule has 0 saturated heterocycles. The Kier molecular flexibility index (Phi) is 7.28. The van der Waals surface area contributed by atoms with Gasteiger partial charge in [-0.25, -0.2) is 0 Å². The van der Waals surface area contributed by atoms with E-state index in [1.54, 1.807) is 0 Å². The fraction of sp³-hybridized carbons (Fsp3) is 0.533. The summed E-state index contributed by atoms with van der Waals surface area (Å²) in [6, 6.07) is 1.51. The van der Waals surface area contributed by atoms with E-state index in [0.717, 1.165) is 6.42 Å². The summed E-state index contributed by atoms with van der Waals surface area (Å²) in [7, 11) is 0. The minimum Gasteiger partial charge on any atom is -0.480 e. The lowest BCUT2D eigenvalue weighted by Gasteiger charge is -2.25. The lowest BCUT2D eigenvalue weighted by Crippen LogP contribution is -2.46. The first-order valence-corrected chi connectivity index (χ1v) is 8.45. The number of carboxylic acid groups (broad SMARTS) is 1. The van der Waals surface area contributed by atoms with Crippen molar-refractivity contribution in [3.05, 3.63) is 31.7 Å². The molecule has 0 aliphatic rings. The maximum absolute atomic E-state index is 11.1. The van der Waals surface area contributed by atoms with Crippen LogP contribution in [0.25, 0.3) is 0 Å². The van der Waals surface area contributed by atoms with Gasteiger partial charge in [0.15, 0.2) is 0 Å². The molecular formula is C15H19Cl4NO2. The van der Waals surface area contributed by atoms with E-state index < -0.39 is 11.5 Å². The Morgan fingerprint density at radius 1 is 1.27 bits per heavy atom. The van der Waals surface area contributed by atoms with Crippen LogP contribution >= 0.6 is 46.4 Å². The predicted molar refractivity (Wildman–Crippen MR) is 93.4 cm³/mol. The molecule has 0 bridgehead atoms. The molecule has 3 N–H and O–H groups in total. The molecule has 0 fully saturated rings. The molecule has 3 nitrogen and oxygen atoms in total. The van der Waals surface area contributed by atoms with Crippen LogP contribution in [0.1, 0.15) is 38.7 Å². The highest BCUT2D eigenvalue weighted by atomic mass is 35.5. The molecule has 0 amide bonds. The van der Waals surface area contributed by atoms with Gasteiger partial charge in [-0.3, -0.25) is 4.79 Å². The molecule has 0 aromatic heterocycles. The van der Waals surface area contributed by atoms with Crippen LogP contribution in [0.5, 0.6) is 0 Å². The average Bonchev–Trinajstić information content (AvgIpc) is 2.43. The molecule has 124 valence electrons. The number of aliphatic carboxylic acids is 1. The molecule has 0 radical (unpaired) electrons. The molecule has 2 unspecified atom stereocenters. The maximum Gasteiger partial charge on any atom is 0.323 e. The quantitative estimate of drug-likeness (QED) is 0.612. The largest absolute Gasteiger partial charge is 0.480 e. The van der Waals surface area contributed by atoms with Gasteiger partial charge in [0.05, 0.1) is 20.1 Å². The van der Waals surface area contributed by atoms with Gasteiger partial charge in [-0.05, 0) is 43.7 Å². The first-order valence-electron chi connectivity index (χ1n) is 6.94. The molecule has 0 saturated carbocycles. The van der Waals surface area contributed by atoms with Gasteiger partial charge in [0.25, 0.3) is 0 Å². The van der Waals surface area contributed by atoms with Gasteiger partial charge >= 0.3 is 5.97 Å². The number of hydrogen-bond acceptors (Lipinski definition) is 2. The van der Waals surface area contributed by atoms with Crippen molar-refractivity contribution in [3.8, 4) is 0 Å². The van der Waals surface area contributed by atoms with Crippen LogP contribution < -0.4 is 5.73 Å². The zero-order valence-corrected chi connectivity index (χ0v) is 15.5. The highest BCUT2D eigenvalue weighted by Gasteiger charge is 2.30. The predicted octanol–water partition coefficient (Wildman–Crippen LogP) is 5.45. The van der Waals surface area contributed by atoms with Crippen molar-refractivity contribution in [1.82, 2.24) is 0 Å². The Hall–Kier alpha value is -0.190. The fourth-order valence-electron chi connectivity index (χ4n) is 2.33. The summed E-state index contributed by atoms with van der Waals surface area (Å²) < 4.78 is 0. The SMILES string of the molecule is CCC(CCc1c(Cl)c(Cl)cc(Cl)c1Cl)CC(C)(N)C(=O)O. The van der Waals surface area contributed by atoms with Crippen molar-refractivity contribution in [1.29, 1.82) is 0 Å². The van der Waals surface area contributed by atoms with Crippen molar-refractivity contribution < 1.29 is 9.90 Å². The van der Waals surface area contributed by atoms with Crippen molar-refractivity contribution in [2.24, 2.45) is 11.7 Å². The van der Waals surface area contributed by atoms with Crippen molar-refractivity contribution >= 4 is 52.4 Å². The average molecular weight is 387 g/mol. The summed E-state index contributed by atoms with van der Waals surface area (Å²) in [6.45, 7) is 3.52. The Bertz CT molecular complexity index is 535. The molecule has 0 aliphatic carbocycles. The first-order chi connectivity index (χ1) is 10.1. The zero-order valence-electron chi connectivity index (χ0n) is 12.4. The maximum atomic E-state index is 11.1. The number of hydrogen-bond donors (Lipinski definition) is 2. The second-order valence-corrected chi connectivity index (χ2v) is 7.26. The minimum absolute atomic E-state index is 0.135. The molecule has 1 rings (SSSR count). The monoisotopic (exact) mass is 385 g/mol. The second-order valence-electron chi connectivity index (χ2n) is 5.69. The van der Waals surface area contributed by atoms with Crippen LogP contribution in [-0.4, -0.2) is 16.6 Å². The van der Waals surface area contributed by atoms with Gasteiger partial charge < -0.3 is 10.8 Å². The van der Waals surface area contributed by atoms with E-state index in [1.165, 1.54) is 13.0 Å². The van der Waals surface area contributed by atoms with Crippen LogP contribution in [0, 0.1) is 5.92 Å². The topological polar surface area (TPSA) is 63.3 Å². The Balaban J connectivity index is 2.86. The number of carboxylic acids is 1.